The molecule has 0 aliphatic heterocycles. The fourth-order valence-corrected chi connectivity index (χ4v) is 2.63. The Morgan fingerprint density at radius 2 is 2.06 bits per heavy atom. The Morgan fingerprint density at radius 1 is 1.39 bits per heavy atom. The van der Waals surface area contributed by atoms with Gasteiger partial charge in [0.05, 0.1) is 16.3 Å². The van der Waals surface area contributed by atoms with E-state index in [-0.39, 0.29) is 4.90 Å². The monoisotopic (exact) mass is 271 g/mol. The molecule has 102 valence electrons. The molecule has 0 saturated heterocycles. The number of benzene rings is 1. The molecule has 3 N–H and O–H groups in total. The number of nitrogens with one attached hydrogen (secondary N) is 1. The maximum absolute atomic E-state index is 11.6. The number of hydrogen-bond donors (Lipinski definition) is 2. The first-order valence-electron chi connectivity index (χ1n) is 5.82. The number of anilines is 2. The SMILES string of the molecule is CNCCCN(C)c1cccc(S(C)(=O)=O)c1N. The molecule has 0 heterocycles. The lowest BCUT2D eigenvalue weighted by Gasteiger charge is -2.22. The summed E-state index contributed by atoms with van der Waals surface area (Å²) in [5.74, 6) is 0. The molecule has 0 aliphatic rings. The van der Waals surface area contributed by atoms with E-state index in [1.165, 1.54) is 12.3 Å². The van der Waals surface area contributed by atoms with Crippen LogP contribution in [0.5, 0.6) is 0 Å². The molecule has 0 fully saturated rings. The standard InChI is InChI=1S/C12H21N3O2S/c1-14-8-5-9-15(2)10-6-4-7-11(12(10)13)18(3,16)17/h4,6-7,14H,5,8-9,13H2,1-3H3. The second-order valence-electron chi connectivity index (χ2n) is 4.34. The molecule has 0 aliphatic carbocycles. The van der Waals surface area contributed by atoms with Gasteiger partial charge in [-0.3, -0.25) is 0 Å². The third-order valence-corrected chi connectivity index (χ3v) is 3.93. The van der Waals surface area contributed by atoms with Crippen molar-refractivity contribution in [3.63, 3.8) is 0 Å². The minimum Gasteiger partial charge on any atom is -0.396 e. The number of nitrogens with two attached hydrogens (primary N) is 1. The Kier molecular flexibility index (Phi) is 4.98. The van der Waals surface area contributed by atoms with E-state index in [9.17, 15) is 8.42 Å². The van der Waals surface area contributed by atoms with Gasteiger partial charge in [0.25, 0.3) is 0 Å². The number of nitrogen functional groups attached to an aromatic ring is 1. The topological polar surface area (TPSA) is 75.4 Å². The van der Waals surface area contributed by atoms with Crippen LogP contribution < -0.4 is 16.0 Å². The van der Waals surface area contributed by atoms with E-state index in [0.717, 1.165) is 25.2 Å². The summed E-state index contributed by atoms with van der Waals surface area (Å²) >= 11 is 0. The summed E-state index contributed by atoms with van der Waals surface area (Å²) in [4.78, 5) is 2.17. The zero-order valence-corrected chi connectivity index (χ0v) is 11.9. The highest BCUT2D eigenvalue weighted by molar-refractivity contribution is 7.90. The zero-order chi connectivity index (χ0) is 13.8. The molecule has 1 aromatic rings. The van der Waals surface area contributed by atoms with Gasteiger partial charge in [0.2, 0.25) is 0 Å². The molecule has 0 saturated carbocycles. The van der Waals surface area contributed by atoms with Crippen LogP contribution in [-0.4, -0.2) is 41.9 Å². The normalized spacial score (nSPS) is 11.5. The highest BCUT2D eigenvalue weighted by Crippen LogP contribution is 2.28. The Labute approximate surface area is 109 Å². The van der Waals surface area contributed by atoms with Crippen molar-refractivity contribution in [1.29, 1.82) is 0 Å². The predicted molar refractivity (Wildman–Crippen MR) is 75.8 cm³/mol. The van der Waals surface area contributed by atoms with E-state index in [1.807, 2.05) is 25.1 Å². The molecule has 0 unspecified atom stereocenters. The average Bonchev–Trinajstić information content (AvgIpc) is 2.28. The first kappa shape index (κ1) is 14.8. The van der Waals surface area contributed by atoms with Gasteiger partial charge in [-0.05, 0) is 32.1 Å². The van der Waals surface area contributed by atoms with Crippen molar-refractivity contribution in [2.75, 3.05) is 44.1 Å². The lowest BCUT2D eigenvalue weighted by molar-refractivity contribution is 0.602. The van der Waals surface area contributed by atoms with E-state index in [1.54, 1.807) is 6.07 Å². The van der Waals surface area contributed by atoms with Crippen molar-refractivity contribution < 1.29 is 8.42 Å². The lowest BCUT2D eigenvalue weighted by Crippen LogP contribution is -2.23. The van der Waals surface area contributed by atoms with E-state index in [0.29, 0.717) is 5.69 Å². The third kappa shape index (κ3) is 3.61. The Balaban J connectivity index is 2.97. The van der Waals surface area contributed by atoms with Crippen molar-refractivity contribution >= 4 is 21.2 Å². The molecule has 18 heavy (non-hydrogen) atoms. The molecule has 0 atom stereocenters. The Hall–Kier alpha value is -1.27. The van der Waals surface area contributed by atoms with Gasteiger partial charge >= 0.3 is 0 Å². The predicted octanol–water partition coefficient (Wildman–Crippen LogP) is 0.718. The van der Waals surface area contributed by atoms with Gasteiger partial charge < -0.3 is 16.0 Å². The number of nitrogens with zero attached hydrogens (tertiary/aromatic N) is 1. The van der Waals surface area contributed by atoms with Crippen LogP contribution in [0.2, 0.25) is 0 Å². The first-order chi connectivity index (χ1) is 8.38. The smallest absolute Gasteiger partial charge is 0.177 e. The fraction of sp³-hybridized carbons (Fsp3) is 0.500. The second-order valence-corrected chi connectivity index (χ2v) is 6.32. The summed E-state index contributed by atoms with van der Waals surface area (Å²) in [5.41, 5.74) is 7.02. The number of rotatable bonds is 6. The first-order valence-corrected chi connectivity index (χ1v) is 7.71. The van der Waals surface area contributed by atoms with Crippen molar-refractivity contribution in [3.8, 4) is 0 Å². The highest BCUT2D eigenvalue weighted by Gasteiger charge is 2.15. The summed E-state index contributed by atoms with van der Waals surface area (Å²) in [6.07, 6.45) is 2.14. The quantitative estimate of drug-likeness (QED) is 0.589. The van der Waals surface area contributed by atoms with E-state index in [4.69, 9.17) is 5.73 Å². The molecular weight excluding hydrogens is 250 g/mol. The Bertz CT molecular complexity index is 500. The van der Waals surface area contributed by atoms with E-state index >= 15 is 0 Å². The lowest BCUT2D eigenvalue weighted by atomic mass is 10.2. The van der Waals surface area contributed by atoms with Crippen molar-refractivity contribution in [1.82, 2.24) is 5.32 Å². The number of sulfone groups is 1. The van der Waals surface area contributed by atoms with Gasteiger partial charge in [-0.25, -0.2) is 8.42 Å². The van der Waals surface area contributed by atoms with Crippen molar-refractivity contribution in [2.45, 2.75) is 11.3 Å². The van der Waals surface area contributed by atoms with E-state index in [2.05, 4.69) is 5.32 Å². The number of hydrogen-bond acceptors (Lipinski definition) is 5. The average molecular weight is 271 g/mol. The summed E-state index contributed by atoms with van der Waals surface area (Å²) in [7, 11) is 0.533. The molecular formula is C12H21N3O2S. The van der Waals surface area contributed by atoms with Crippen LogP contribution in [-0.2, 0) is 9.84 Å². The van der Waals surface area contributed by atoms with Crippen LogP contribution in [0.3, 0.4) is 0 Å². The maximum Gasteiger partial charge on any atom is 0.177 e. The second kappa shape index (κ2) is 6.06. The number of para-hydroxylation sites is 1. The molecule has 0 spiro atoms. The third-order valence-electron chi connectivity index (χ3n) is 2.77. The molecule has 1 rings (SSSR count). The van der Waals surface area contributed by atoms with E-state index < -0.39 is 9.84 Å². The van der Waals surface area contributed by atoms with Gasteiger partial charge in [-0.15, -0.1) is 0 Å². The van der Waals surface area contributed by atoms with Crippen molar-refractivity contribution in [3.05, 3.63) is 18.2 Å². The molecule has 1 aromatic carbocycles. The molecule has 0 radical (unpaired) electrons. The van der Waals surface area contributed by atoms with Gasteiger partial charge in [-0.2, -0.15) is 0 Å². The Morgan fingerprint density at radius 3 is 2.61 bits per heavy atom. The molecule has 6 heteroatoms. The van der Waals surface area contributed by atoms with Crippen molar-refractivity contribution in [2.24, 2.45) is 0 Å². The summed E-state index contributed by atoms with van der Waals surface area (Å²) < 4.78 is 23.2. The largest absolute Gasteiger partial charge is 0.396 e. The minimum absolute atomic E-state index is 0.195. The summed E-state index contributed by atoms with van der Waals surface area (Å²) in [5, 5.41) is 3.07. The van der Waals surface area contributed by atoms with Crippen LogP contribution in [0.4, 0.5) is 11.4 Å². The molecule has 0 bridgehead atoms. The minimum atomic E-state index is -3.28. The zero-order valence-electron chi connectivity index (χ0n) is 11.1. The van der Waals surface area contributed by atoms with Gasteiger partial charge in [0.15, 0.2) is 9.84 Å². The maximum atomic E-state index is 11.6. The van der Waals surface area contributed by atoms with Crippen LogP contribution in [0.1, 0.15) is 6.42 Å². The molecule has 0 amide bonds. The van der Waals surface area contributed by atoms with Crippen LogP contribution in [0, 0.1) is 0 Å². The fourth-order valence-electron chi connectivity index (χ4n) is 1.80. The molecule has 0 aromatic heterocycles. The van der Waals surface area contributed by atoms with Crippen LogP contribution in [0.25, 0.3) is 0 Å². The highest BCUT2D eigenvalue weighted by atomic mass is 32.2. The van der Waals surface area contributed by atoms with Gasteiger partial charge in [0, 0.05) is 19.8 Å². The van der Waals surface area contributed by atoms with Crippen LogP contribution >= 0.6 is 0 Å². The summed E-state index contributed by atoms with van der Waals surface area (Å²) in [6.45, 7) is 1.73. The molecule has 5 nitrogen and oxygen atoms in total. The van der Waals surface area contributed by atoms with Gasteiger partial charge in [-0.1, -0.05) is 6.07 Å². The van der Waals surface area contributed by atoms with Gasteiger partial charge in [0.1, 0.15) is 0 Å². The van der Waals surface area contributed by atoms with Crippen LogP contribution in [0.15, 0.2) is 23.1 Å². The summed E-state index contributed by atoms with van der Waals surface area (Å²) in [6, 6.07) is 5.09.